The minimum Gasteiger partial charge on any atom is -0.481 e. The van der Waals surface area contributed by atoms with E-state index in [-0.39, 0.29) is 4.47 Å². The molecule has 2 amide bonds. The van der Waals surface area contributed by atoms with Gasteiger partial charge < -0.3 is 20.8 Å². The van der Waals surface area contributed by atoms with Crippen molar-refractivity contribution in [3.05, 3.63) is 28.2 Å². The van der Waals surface area contributed by atoms with Crippen LogP contribution in [0.5, 0.6) is 0 Å². The monoisotopic (exact) mass is 366 g/mol. The predicted octanol–water partition coefficient (Wildman–Crippen LogP) is 1.78. The van der Waals surface area contributed by atoms with E-state index >= 15 is 0 Å². The molecule has 0 unspecified atom stereocenters. The summed E-state index contributed by atoms with van der Waals surface area (Å²) in [4.78, 5) is 32.8. The second-order valence-electron chi connectivity index (χ2n) is 3.83. The zero-order valence-corrected chi connectivity index (χ0v) is 11.8. The van der Waals surface area contributed by atoms with Crippen molar-refractivity contribution < 1.29 is 33.4 Å². The van der Waals surface area contributed by atoms with Crippen LogP contribution in [0.2, 0.25) is 0 Å². The Labute approximate surface area is 125 Å². The number of carbonyl (C=O) groups is 3. The first-order valence-electron chi connectivity index (χ1n) is 5.37. The average molecular weight is 367 g/mol. The van der Waals surface area contributed by atoms with Gasteiger partial charge >= 0.3 is 18.0 Å². The van der Waals surface area contributed by atoms with Crippen LogP contribution in [-0.2, 0) is 9.59 Å². The van der Waals surface area contributed by atoms with Crippen molar-refractivity contribution in [2.24, 2.45) is 0 Å². The minimum absolute atomic E-state index is 0.0970. The molecule has 0 aromatic heterocycles. The number of hydrogen-bond acceptors (Lipinski definition) is 3. The minimum atomic E-state index is -1.69. The van der Waals surface area contributed by atoms with E-state index in [4.69, 9.17) is 10.2 Å². The fourth-order valence-electron chi connectivity index (χ4n) is 1.34. The second kappa shape index (κ2) is 6.97. The quantitative estimate of drug-likeness (QED) is 0.633. The van der Waals surface area contributed by atoms with Crippen LogP contribution < -0.4 is 10.6 Å². The third-order valence-corrected chi connectivity index (χ3v) is 2.85. The van der Waals surface area contributed by atoms with Gasteiger partial charge in [0.25, 0.3) is 0 Å². The largest absolute Gasteiger partial charge is 0.481 e. The molecule has 0 aliphatic rings. The number of carboxylic acid groups (broad SMARTS) is 2. The van der Waals surface area contributed by atoms with Crippen molar-refractivity contribution in [3.8, 4) is 0 Å². The van der Waals surface area contributed by atoms with Crippen molar-refractivity contribution in [2.75, 3.05) is 5.32 Å². The van der Waals surface area contributed by atoms with Gasteiger partial charge in [-0.1, -0.05) is 0 Å². The van der Waals surface area contributed by atoms with E-state index in [1.54, 1.807) is 0 Å². The molecule has 0 aliphatic carbocycles. The number of amides is 2. The van der Waals surface area contributed by atoms with E-state index in [0.29, 0.717) is 6.07 Å². The van der Waals surface area contributed by atoms with Crippen LogP contribution in [0.15, 0.2) is 16.6 Å². The molecule has 0 saturated heterocycles. The molecule has 1 aromatic carbocycles. The summed E-state index contributed by atoms with van der Waals surface area (Å²) in [6, 6.07) is -1.42. The zero-order valence-electron chi connectivity index (χ0n) is 10.2. The van der Waals surface area contributed by atoms with Crippen LogP contribution in [0.1, 0.15) is 6.42 Å². The Kier molecular flexibility index (Phi) is 5.59. The van der Waals surface area contributed by atoms with E-state index < -0.39 is 47.8 Å². The molecule has 10 heteroatoms. The molecule has 0 aliphatic heterocycles. The first kappa shape index (κ1) is 16.8. The second-order valence-corrected chi connectivity index (χ2v) is 4.69. The number of aliphatic carboxylic acids is 2. The summed E-state index contributed by atoms with van der Waals surface area (Å²) >= 11 is 2.83. The van der Waals surface area contributed by atoms with Crippen LogP contribution >= 0.6 is 15.9 Å². The summed E-state index contributed by atoms with van der Waals surface area (Å²) in [5.41, 5.74) is -0.409. The van der Waals surface area contributed by atoms with Gasteiger partial charge in [-0.05, 0) is 22.0 Å². The third-order valence-electron chi connectivity index (χ3n) is 2.23. The summed E-state index contributed by atoms with van der Waals surface area (Å²) in [5, 5.41) is 21.1. The molecule has 21 heavy (non-hydrogen) atoms. The highest BCUT2D eigenvalue weighted by Crippen LogP contribution is 2.26. The lowest BCUT2D eigenvalue weighted by Gasteiger charge is -2.14. The Morgan fingerprint density at radius 2 is 1.86 bits per heavy atom. The smallest absolute Gasteiger partial charge is 0.326 e. The Morgan fingerprint density at radius 1 is 1.24 bits per heavy atom. The molecule has 0 radical (unpaired) electrons. The molecular weight excluding hydrogens is 358 g/mol. The van der Waals surface area contributed by atoms with Crippen LogP contribution in [0.3, 0.4) is 0 Å². The average Bonchev–Trinajstić information content (AvgIpc) is 2.32. The summed E-state index contributed by atoms with van der Waals surface area (Å²) in [5.74, 6) is -4.95. The lowest BCUT2D eigenvalue weighted by Crippen LogP contribution is -2.44. The molecule has 1 aromatic rings. The van der Waals surface area contributed by atoms with Crippen molar-refractivity contribution in [3.63, 3.8) is 0 Å². The van der Waals surface area contributed by atoms with Gasteiger partial charge in [-0.3, -0.25) is 4.79 Å². The van der Waals surface area contributed by atoms with Crippen LogP contribution in [0.4, 0.5) is 19.3 Å². The van der Waals surface area contributed by atoms with Gasteiger partial charge in [0.2, 0.25) is 0 Å². The lowest BCUT2D eigenvalue weighted by molar-refractivity contribution is -0.145. The molecule has 1 atom stereocenters. The molecule has 1 rings (SSSR count). The fourth-order valence-corrected chi connectivity index (χ4v) is 1.85. The van der Waals surface area contributed by atoms with Gasteiger partial charge in [0.15, 0.2) is 5.82 Å². The maximum atomic E-state index is 13.5. The highest BCUT2D eigenvalue weighted by molar-refractivity contribution is 9.10. The normalized spacial score (nSPS) is 11.6. The van der Waals surface area contributed by atoms with Crippen LogP contribution in [-0.4, -0.2) is 34.2 Å². The molecule has 114 valence electrons. The van der Waals surface area contributed by atoms with Gasteiger partial charge in [0.05, 0.1) is 12.1 Å². The first-order valence-corrected chi connectivity index (χ1v) is 6.16. The summed E-state index contributed by atoms with van der Waals surface area (Å²) < 4.78 is 26.2. The highest BCUT2D eigenvalue weighted by atomic mass is 79.9. The summed E-state index contributed by atoms with van der Waals surface area (Å²) in [6.07, 6.45) is -0.851. The van der Waals surface area contributed by atoms with Crippen molar-refractivity contribution in [1.29, 1.82) is 0 Å². The summed E-state index contributed by atoms with van der Waals surface area (Å²) in [7, 11) is 0. The number of benzene rings is 1. The number of rotatable bonds is 5. The van der Waals surface area contributed by atoms with E-state index in [1.165, 1.54) is 0 Å². The van der Waals surface area contributed by atoms with Gasteiger partial charge in [0.1, 0.15) is 11.9 Å². The topological polar surface area (TPSA) is 116 Å². The molecule has 0 bridgehead atoms. The highest BCUT2D eigenvalue weighted by Gasteiger charge is 2.23. The van der Waals surface area contributed by atoms with Crippen molar-refractivity contribution in [1.82, 2.24) is 5.32 Å². The number of nitrogens with one attached hydrogen (secondary N) is 2. The standard InChI is InChI=1S/C11H9BrF2N2O5/c12-5-1-4(13)2-6(14)9(5)16-11(21)15-7(10(19)20)3-8(17)18/h1-2,7H,3H2,(H,17,18)(H,19,20)(H2,15,16,21)/t7-/m0/s1. The lowest BCUT2D eigenvalue weighted by atomic mass is 10.2. The summed E-state index contributed by atoms with van der Waals surface area (Å²) in [6.45, 7) is 0. The fraction of sp³-hybridized carbons (Fsp3) is 0.182. The molecular formula is C11H9BrF2N2O5. The van der Waals surface area contributed by atoms with Gasteiger partial charge in [-0.2, -0.15) is 0 Å². The number of hydrogen-bond donors (Lipinski definition) is 4. The molecule has 0 spiro atoms. The van der Waals surface area contributed by atoms with E-state index in [0.717, 1.165) is 6.07 Å². The van der Waals surface area contributed by atoms with Gasteiger partial charge in [-0.25, -0.2) is 18.4 Å². The van der Waals surface area contributed by atoms with E-state index in [9.17, 15) is 23.2 Å². The first-order chi connectivity index (χ1) is 9.70. The third kappa shape index (κ3) is 4.99. The van der Waals surface area contributed by atoms with Gasteiger partial charge in [0, 0.05) is 10.5 Å². The van der Waals surface area contributed by atoms with Crippen molar-refractivity contribution in [2.45, 2.75) is 12.5 Å². The molecule has 0 fully saturated rings. The maximum Gasteiger partial charge on any atom is 0.326 e. The van der Waals surface area contributed by atoms with E-state index in [2.05, 4.69) is 15.9 Å². The number of anilines is 1. The Hall–Kier alpha value is -2.23. The number of halogens is 3. The predicted molar refractivity (Wildman–Crippen MR) is 69.9 cm³/mol. The van der Waals surface area contributed by atoms with Crippen molar-refractivity contribution >= 4 is 39.6 Å². The Morgan fingerprint density at radius 3 is 2.33 bits per heavy atom. The molecule has 4 N–H and O–H groups in total. The number of carbonyl (C=O) groups excluding carboxylic acids is 1. The van der Waals surface area contributed by atoms with E-state index in [1.807, 2.05) is 10.6 Å². The van der Waals surface area contributed by atoms with Crippen LogP contribution in [0, 0.1) is 11.6 Å². The number of carboxylic acids is 2. The molecule has 0 heterocycles. The molecule has 7 nitrogen and oxygen atoms in total. The maximum absolute atomic E-state index is 13.5. The molecule has 0 saturated carbocycles. The van der Waals surface area contributed by atoms with Gasteiger partial charge in [-0.15, -0.1) is 0 Å². The number of urea groups is 1. The van der Waals surface area contributed by atoms with Crippen LogP contribution in [0.25, 0.3) is 0 Å². The zero-order chi connectivity index (χ0) is 16.2. The SMILES string of the molecule is O=C(O)C[C@H](NC(=O)Nc1c(F)cc(F)cc1Br)C(=O)O. The Bertz CT molecular complexity index is 573. The Balaban J connectivity index is 2.82.